The summed E-state index contributed by atoms with van der Waals surface area (Å²) in [4.78, 5) is 23.4. The third-order valence-electron chi connectivity index (χ3n) is 3.09. The van der Waals surface area contributed by atoms with E-state index in [4.69, 9.17) is 33.2 Å². The largest absolute Gasteiger partial charge is 0.482 e. The normalized spacial score (nSPS) is 10.2. The zero-order valence-electron chi connectivity index (χ0n) is 13.3. The average Bonchev–Trinajstić information content (AvgIpc) is 2.64. The average molecular weight is 390 g/mol. The van der Waals surface area contributed by atoms with Gasteiger partial charge in [0.2, 0.25) is 0 Å². The Balaban J connectivity index is 1.83. The fourth-order valence-corrected chi connectivity index (χ4v) is 2.39. The summed E-state index contributed by atoms with van der Waals surface area (Å²) in [5.74, 6) is -0.883. The molecule has 0 bridgehead atoms. The number of carbonyl (C=O) groups excluding carboxylic acids is 2. The van der Waals surface area contributed by atoms with Gasteiger partial charge in [-0.1, -0.05) is 41.4 Å². The number of carbonyl (C=O) groups is 2. The van der Waals surface area contributed by atoms with Crippen molar-refractivity contribution in [1.82, 2.24) is 10.9 Å². The Labute approximate surface area is 159 Å². The zero-order valence-corrected chi connectivity index (χ0v) is 14.8. The number of amides is 2. The maximum atomic E-state index is 11.7. The molecule has 0 radical (unpaired) electrons. The van der Waals surface area contributed by atoms with E-state index in [9.17, 15) is 9.59 Å². The molecular weight excluding hydrogens is 377 g/mol. The standard InChI is InChI=1S/C18H13Cl2N3O3/c19-14-5-3-6-15(20)13(14)8-9-17(24)22-23-18(25)11-26-16-7-2-1-4-12(16)10-21/h1-9H,11H2,(H,22,24)(H,23,25). The predicted molar refractivity (Wildman–Crippen MR) is 98.4 cm³/mol. The topological polar surface area (TPSA) is 91.2 Å². The third kappa shape index (κ3) is 5.52. The van der Waals surface area contributed by atoms with E-state index in [1.807, 2.05) is 6.07 Å². The number of ether oxygens (including phenoxy) is 1. The number of hydrogen-bond donors (Lipinski definition) is 2. The molecule has 0 spiro atoms. The first-order valence-electron chi connectivity index (χ1n) is 7.34. The van der Waals surface area contributed by atoms with E-state index in [1.165, 1.54) is 12.2 Å². The first-order valence-corrected chi connectivity index (χ1v) is 8.09. The minimum absolute atomic E-state index is 0.282. The molecule has 6 nitrogen and oxygen atoms in total. The Morgan fingerprint density at radius 2 is 1.77 bits per heavy atom. The van der Waals surface area contributed by atoms with Crippen LogP contribution in [0.5, 0.6) is 5.75 Å². The van der Waals surface area contributed by atoms with Gasteiger partial charge in [-0.05, 0) is 30.3 Å². The van der Waals surface area contributed by atoms with E-state index in [-0.39, 0.29) is 12.4 Å². The lowest BCUT2D eigenvalue weighted by atomic mass is 10.2. The van der Waals surface area contributed by atoms with E-state index < -0.39 is 11.8 Å². The number of hydrogen-bond acceptors (Lipinski definition) is 4. The number of nitriles is 1. The minimum atomic E-state index is -0.588. The molecule has 0 heterocycles. The quantitative estimate of drug-likeness (QED) is 0.606. The summed E-state index contributed by atoms with van der Waals surface area (Å²) < 4.78 is 5.24. The molecular formula is C18H13Cl2N3O3. The molecule has 0 atom stereocenters. The van der Waals surface area contributed by atoms with Gasteiger partial charge in [0.25, 0.3) is 11.8 Å². The van der Waals surface area contributed by atoms with Crippen molar-refractivity contribution in [2.75, 3.05) is 6.61 Å². The summed E-state index contributed by atoms with van der Waals surface area (Å²) in [6.07, 6.45) is 2.62. The fourth-order valence-electron chi connectivity index (χ4n) is 1.87. The zero-order chi connectivity index (χ0) is 18.9. The lowest BCUT2D eigenvalue weighted by molar-refractivity contribution is -0.128. The Bertz CT molecular complexity index is 871. The van der Waals surface area contributed by atoms with E-state index >= 15 is 0 Å². The van der Waals surface area contributed by atoms with Gasteiger partial charge in [-0.3, -0.25) is 20.4 Å². The molecule has 0 aliphatic heterocycles. The van der Waals surface area contributed by atoms with Gasteiger partial charge < -0.3 is 4.74 Å². The van der Waals surface area contributed by atoms with Gasteiger partial charge in [-0.25, -0.2) is 0 Å². The van der Waals surface area contributed by atoms with Gasteiger partial charge in [0, 0.05) is 21.7 Å². The van der Waals surface area contributed by atoms with Gasteiger partial charge in [0.1, 0.15) is 11.8 Å². The molecule has 132 valence electrons. The van der Waals surface area contributed by atoms with Gasteiger partial charge in [0.15, 0.2) is 6.61 Å². The monoisotopic (exact) mass is 389 g/mol. The molecule has 26 heavy (non-hydrogen) atoms. The molecule has 0 fully saturated rings. The number of hydrazine groups is 1. The van der Waals surface area contributed by atoms with Crippen molar-refractivity contribution in [1.29, 1.82) is 5.26 Å². The van der Waals surface area contributed by atoms with Crippen LogP contribution in [0.2, 0.25) is 10.0 Å². The van der Waals surface area contributed by atoms with Crippen LogP contribution >= 0.6 is 23.2 Å². The van der Waals surface area contributed by atoms with Crippen LogP contribution in [0.1, 0.15) is 11.1 Å². The number of para-hydroxylation sites is 1. The lowest BCUT2D eigenvalue weighted by Crippen LogP contribution is -2.43. The van der Waals surface area contributed by atoms with Crippen molar-refractivity contribution in [2.24, 2.45) is 0 Å². The highest BCUT2D eigenvalue weighted by molar-refractivity contribution is 6.37. The second-order valence-electron chi connectivity index (χ2n) is 4.90. The summed E-state index contributed by atoms with van der Waals surface area (Å²) in [6.45, 7) is -0.362. The molecule has 8 heteroatoms. The Morgan fingerprint density at radius 3 is 2.46 bits per heavy atom. The number of rotatable bonds is 5. The van der Waals surface area contributed by atoms with Gasteiger partial charge >= 0.3 is 0 Å². The van der Waals surface area contributed by atoms with Crippen LogP contribution in [0.25, 0.3) is 6.08 Å². The molecule has 2 rings (SSSR count). The highest BCUT2D eigenvalue weighted by Gasteiger charge is 2.07. The fraction of sp³-hybridized carbons (Fsp3) is 0.0556. The molecule has 2 aromatic carbocycles. The van der Waals surface area contributed by atoms with Crippen molar-refractivity contribution in [3.05, 3.63) is 69.7 Å². The number of benzene rings is 2. The third-order valence-corrected chi connectivity index (χ3v) is 3.75. The summed E-state index contributed by atoms with van der Waals surface area (Å²) in [6, 6.07) is 13.4. The molecule has 0 aliphatic rings. The van der Waals surface area contributed by atoms with Crippen LogP contribution in [-0.4, -0.2) is 18.4 Å². The summed E-state index contributed by atoms with van der Waals surface area (Å²) in [5, 5.41) is 9.73. The minimum Gasteiger partial charge on any atom is -0.482 e. The Kier molecular flexibility index (Phi) is 7.03. The maximum absolute atomic E-state index is 11.7. The van der Waals surface area contributed by atoms with Crippen LogP contribution in [-0.2, 0) is 9.59 Å². The Hall–Kier alpha value is -3.01. The highest BCUT2D eigenvalue weighted by atomic mass is 35.5. The Morgan fingerprint density at radius 1 is 1.08 bits per heavy atom. The van der Waals surface area contributed by atoms with Crippen molar-refractivity contribution < 1.29 is 14.3 Å². The van der Waals surface area contributed by atoms with E-state index in [2.05, 4.69) is 10.9 Å². The van der Waals surface area contributed by atoms with Crippen LogP contribution in [0.3, 0.4) is 0 Å². The van der Waals surface area contributed by atoms with Crippen molar-refractivity contribution in [3.8, 4) is 11.8 Å². The van der Waals surface area contributed by atoms with Crippen LogP contribution in [0, 0.1) is 11.3 Å². The molecule has 0 unspecified atom stereocenters. The summed E-state index contributed by atoms with van der Waals surface area (Å²) in [7, 11) is 0. The van der Waals surface area contributed by atoms with E-state index in [0.29, 0.717) is 21.2 Å². The second kappa shape index (κ2) is 9.47. The second-order valence-corrected chi connectivity index (χ2v) is 5.72. The van der Waals surface area contributed by atoms with E-state index in [1.54, 1.807) is 42.5 Å². The van der Waals surface area contributed by atoms with Gasteiger partial charge in [-0.15, -0.1) is 0 Å². The molecule has 2 N–H and O–H groups in total. The first kappa shape index (κ1) is 19.3. The van der Waals surface area contributed by atoms with E-state index in [0.717, 1.165) is 0 Å². The number of nitrogens with zero attached hydrogens (tertiary/aromatic N) is 1. The van der Waals surface area contributed by atoms with Crippen molar-refractivity contribution in [3.63, 3.8) is 0 Å². The summed E-state index contributed by atoms with van der Waals surface area (Å²) >= 11 is 12.0. The molecule has 0 saturated carbocycles. The predicted octanol–water partition coefficient (Wildman–Crippen LogP) is 3.10. The lowest BCUT2D eigenvalue weighted by Gasteiger charge is -2.08. The molecule has 2 amide bonds. The summed E-state index contributed by atoms with van der Waals surface area (Å²) in [5.41, 5.74) is 5.20. The molecule has 0 aliphatic carbocycles. The number of nitrogens with one attached hydrogen (secondary N) is 2. The SMILES string of the molecule is N#Cc1ccccc1OCC(=O)NNC(=O)C=Cc1c(Cl)cccc1Cl. The van der Waals surface area contributed by atoms with Gasteiger partial charge in [-0.2, -0.15) is 5.26 Å². The number of halogens is 2. The van der Waals surface area contributed by atoms with Gasteiger partial charge in [0.05, 0.1) is 5.56 Å². The first-order chi connectivity index (χ1) is 12.5. The van der Waals surface area contributed by atoms with Crippen LogP contribution < -0.4 is 15.6 Å². The maximum Gasteiger partial charge on any atom is 0.276 e. The smallest absolute Gasteiger partial charge is 0.276 e. The van der Waals surface area contributed by atoms with Crippen molar-refractivity contribution in [2.45, 2.75) is 0 Å². The molecule has 0 aromatic heterocycles. The molecule has 2 aromatic rings. The van der Waals surface area contributed by atoms with Crippen LogP contribution in [0.4, 0.5) is 0 Å². The highest BCUT2D eigenvalue weighted by Crippen LogP contribution is 2.25. The molecule has 0 saturated heterocycles. The van der Waals surface area contributed by atoms with Crippen LogP contribution in [0.15, 0.2) is 48.5 Å². The van der Waals surface area contributed by atoms with Crippen molar-refractivity contribution >= 4 is 41.1 Å².